The van der Waals surface area contributed by atoms with Crippen molar-refractivity contribution in [1.82, 2.24) is 4.90 Å². The van der Waals surface area contributed by atoms with Gasteiger partial charge in [-0.1, -0.05) is 42.5 Å². The zero-order valence-electron chi connectivity index (χ0n) is 16.8. The molecule has 0 bridgehead atoms. The Morgan fingerprint density at radius 3 is 2.43 bits per heavy atom. The van der Waals surface area contributed by atoms with Gasteiger partial charge in [0.1, 0.15) is 18.0 Å². The van der Waals surface area contributed by atoms with Crippen molar-refractivity contribution in [3.05, 3.63) is 78.0 Å². The van der Waals surface area contributed by atoms with Gasteiger partial charge in [0.25, 0.3) is 5.91 Å². The molecule has 1 amide bonds. The summed E-state index contributed by atoms with van der Waals surface area (Å²) in [6, 6.07) is 16.8. The molecule has 0 aromatic heterocycles. The van der Waals surface area contributed by atoms with Gasteiger partial charge in [-0.05, 0) is 55.0 Å². The van der Waals surface area contributed by atoms with E-state index >= 15 is 0 Å². The number of carbonyl (C=O) groups excluding carboxylic acids is 2. The average Bonchev–Trinajstić information content (AvgIpc) is 2.99. The second-order valence-electron chi connectivity index (χ2n) is 6.33. The van der Waals surface area contributed by atoms with Crippen molar-refractivity contribution >= 4 is 41.0 Å². The number of hydrogen-bond donors (Lipinski definition) is 0. The fourth-order valence-electron chi connectivity index (χ4n) is 2.95. The largest absolute Gasteiger partial charge is 0.494 e. The highest BCUT2D eigenvalue weighted by Gasteiger charge is 2.39. The lowest BCUT2D eigenvalue weighted by Gasteiger charge is -2.19. The van der Waals surface area contributed by atoms with Crippen molar-refractivity contribution in [3.63, 3.8) is 0 Å². The third kappa shape index (κ3) is 4.75. The molecule has 1 heterocycles. The molecule has 0 saturated carbocycles. The SMILES string of the molecule is CCOc1ccc(N2C(=O)/C(=C/C=C/c3ccccc3)N(CC(=O)OC)C2=S)cc1. The molecule has 7 heteroatoms. The summed E-state index contributed by atoms with van der Waals surface area (Å²) in [6.45, 7) is 2.30. The van der Waals surface area contributed by atoms with E-state index in [1.165, 1.54) is 16.9 Å². The van der Waals surface area contributed by atoms with Crippen molar-refractivity contribution in [2.75, 3.05) is 25.2 Å². The smallest absolute Gasteiger partial charge is 0.325 e. The van der Waals surface area contributed by atoms with Gasteiger partial charge in [-0.15, -0.1) is 0 Å². The molecule has 154 valence electrons. The molecule has 0 radical (unpaired) electrons. The van der Waals surface area contributed by atoms with Crippen LogP contribution in [0.5, 0.6) is 5.75 Å². The lowest BCUT2D eigenvalue weighted by Crippen LogP contribution is -2.35. The maximum absolute atomic E-state index is 13.2. The van der Waals surface area contributed by atoms with Gasteiger partial charge in [-0.3, -0.25) is 14.5 Å². The highest BCUT2D eigenvalue weighted by Crippen LogP contribution is 2.29. The summed E-state index contributed by atoms with van der Waals surface area (Å²) in [7, 11) is 1.30. The Kier molecular flexibility index (Phi) is 6.98. The van der Waals surface area contributed by atoms with Crippen LogP contribution in [-0.2, 0) is 14.3 Å². The Morgan fingerprint density at radius 1 is 1.10 bits per heavy atom. The minimum Gasteiger partial charge on any atom is -0.494 e. The quantitative estimate of drug-likeness (QED) is 0.384. The molecular weight excluding hydrogens is 400 g/mol. The summed E-state index contributed by atoms with van der Waals surface area (Å²) < 4.78 is 10.2. The van der Waals surface area contributed by atoms with E-state index in [1.54, 1.807) is 36.4 Å². The number of ether oxygens (including phenoxy) is 2. The Hall–Kier alpha value is -3.45. The predicted molar refractivity (Wildman–Crippen MR) is 120 cm³/mol. The van der Waals surface area contributed by atoms with Gasteiger partial charge < -0.3 is 14.4 Å². The number of esters is 1. The molecule has 2 aromatic carbocycles. The molecule has 0 atom stereocenters. The van der Waals surface area contributed by atoms with Crippen LogP contribution in [0.3, 0.4) is 0 Å². The first kappa shape index (κ1) is 21.3. The minimum absolute atomic E-state index is 0.153. The highest BCUT2D eigenvalue weighted by molar-refractivity contribution is 7.80. The minimum atomic E-state index is -0.489. The molecule has 0 aliphatic carbocycles. The summed E-state index contributed by atoms with van der Waals surface area (Å²) in [5, 5.41) is 0.217. The fourth-order valence-corrected chi connectivity index (χ4v) is 3.30. The monoisotopic (exact) mass is 422 g/mol. The molecule has 1 fully saturated rings. The van der Waals surface area contributed by atoms with Crippen LogP contribution < -0.4 is 9.64 Å². The molecule has 0 N–H and O–H groups in total. The third-order valence-electron chi connectivity index (χ3n) is 4.40. The molecular formula is C23H22N2O4S. The first-order valence-corrected chi connectivity index (χ1v) is 9.85. The van der Waals surface area contributed by atoms with Crippen molar-refractivity contribution in [3.8, 4) is 5.75 Å². The summed E-state index contributed by atoms with van der Waals surface area (Å²) in [4.78, 5) is 27.9. The van der Waals surface area contributed by atoms with E-state index in [0.717, 1.165) is 5.56 Å². The normalized spacial score (nSPS) is 15.3. The molecule has 0 unspecified atom stereocenters. The number of allylic oxidation sites excluding steroid dienone is 2. The zero-order chi connectivity index (χ0) is 21.5. The summed E-state index contributed by atoms with van der Waals surface area (Å²) in [5.74, 6) is -0.103. The number of rotatable bonds is 7. The van der Waals surface area contributed by atoms with E-state index < -0.39 is 5.97 Å². The maximum Gasteiger partial charge on any atom is 0.325 e. The number of hydrogen-bond acceptors (Lipinski definition) is 5. The van der Waals surface area contributed by atoms with Crippen LogP contribution >= 0.6 is 12.2 Å². The Morgan fingerprint density at radius 2 is 1.80 bits per heavy atom. The second kappa shape index (κ2) is 9.84. The van der Waals surface area contributed by atoms with Gasteiger partial charge in [0.15, 0.2) is 5.11 Å². The Bertz CT molecular complexity index is 984. The lowest BCUT2D eigenvalue weighted by molar-refractivity contribution is -0.140. The Labute approximate surface area is 181 Å². The first-order chi connectivity index (χ1) is 14.5. The molecule has 1 aliphatic heterocycles. The van der Waals surface area contributed by atoms with Gasteiger partial charge >= 0.3 is 5.97 Å². The van der Waals surface area contributed by atoms with Crippen molar-refractivity contribution in [2.24, 2.45) is 0 Å². The van der Waals surface area contributed by atoms with Crippen LogP contribution in [0.4, 0.5) is 5.69 Å². The van der Waals surface area contributed by atoms with E-state index in [4.69, 9.17) is 21.7 Å². The molecule has 1 saturated heterocycles. The van der Waals surface area contributed by atoms with E-state index in [2.05, 4.69) is 0 Å². The lowest BCUT2D eigenvalue weighted by atomic mass is 10.2. The van der Waals surface area contributed by atoms with Crippen LogP contribution in [0.1, 0.15) is 12.5 Å². The van der Waals surface area contributed by atoms with Gasteiger partial charge in [0, 0.05) is 0 Å². The van der Waals surface area contributed by atoms with Gasteiger partial charge in [-0.2, -0.15) is 0 Å². The number of carbonyl (C=O) groups is 2. The predicted octanol–water partition coefficient (Wildman–Crippen LogP) is 3.79. The van der Waals surface area contributed by atoms with Crippen LogP contribution in [0, 0.1) is 0 Å². The Balaban J connectivity index is 1.91. The maximum atomic E-state index is 13.2. The van der Waals surface area contributed by atoms with Crippen molar-refractivity contribution in [2.45, 2.75) is 6.92 Å². The van der Waals surface area contributed by atoms with Gasteiger partial charge in [0.05, 0.1) is 19.4 Å². The number of amides is 1. The highest BCUT2D eigenvalue weighted by atomic mass is 32.1. The van der Waals surface area contributed by atoms with Crippen molar-refractivity contribution < 1.29 is 19.1 Å². The number of methoxy groups -OCH3 is 1. The molecule has 3 rings (SSSR count). The van der Waals surface area contributed by atoms with E-state index in [0.29, 0.717) is 23.7 Å². The van der Waals surface area contributed by atoms with Crippen LogP contribution in [0.25, 0.3) is 6.08 Å². The van der Waals surface area contributed by atoms with Crippen LogP contribution in [0.15, 0.2) is 72.4 Å². The van der Waals surface area contributed by atoms with Gasteiger partial charge in [-0.25, -0.2) is 0 Å². The van der Waals surface area contributed by atoms with Crippen LogP contribution in [0.2, 0.25) is 0 Å². The van der Waals surface area contributed by atoms with E-state index in [-0.39, 0.29) is 17.6 Å². The molecule has 1 aliphatic rings. The first-order valence-electron chi connectivity index (χ1n) is 9.44. The number of nitrogens with zero attached hydrogens (tertiary/aromatic N) is 2. The van der Waals surface area contributed by atoms with E-state index in [1.807, 2.05) is 43.3 Å². The molecule has 0 spiro atoms. The number of thiocarbonyl (C=S) groups is 1. The third-order valence-corrected chi connectivity index (χ3v) is 4.80. The molecule has 30 heavy (non-hydrogen) atoms. The summed E-state index contributed by atoms with van der Waals surface area (Å²) in [6.07, 6.45) is 5.29. The average molecular weight is 423 g/mol. The standard InChI is InChI=1S/C23H22N2O4S/c1-3-29-19-14-12-18(13-15-19)25-22(27)20(24(23(25)30)16-21(26)28-2)11-7-10-17-8-5-4-6-9-17/h4-15H,3,16H2,1-2H3/b10-7+,20-11-. The number of benzene rings is 2. The zero-order valence-corrected chi connectivity index (χ0v) is 17.6. The molecule has 6 nitrogen and oxygen atoms in total. The summed E-state index contributed by atoms with van der Waals surface area (Å²) >= 11 is 5.52. The fraction of sp³-hybridized carbons (Fsp3) is 0.174. The topological polar surface area (TPSA) is 59.1 Å². The van der Waals surface area contributed by atoms with Crippen molar-refractivity contribution in [1.29, 1.82) is 0 Å². The van der Waals surface area contributed by atoms with Gasteiger partial charge in [0.2, 0.25) is 0 Å². The van der Waals surface area contributed by atoms with E-state index in [9.17, 15) is 9.59 Å². The van der Waals surface area contributed by atoms with Crippen LogP contribution in [-0.4, -0.2) is 42.2 Å². The summed E-state index contributed by atoms with van der Waals surface area (Å²) in [5.41, 5.74) is 1.88. The molecule has 2 aromatic rings. The number of anilines is 1. The second-order valence-corrected chi connectivity index (χ2v) is 6.70.